The molecule has 1 rings (SSSR count). The quantitative estimate of drug-likeness (QED) is 0.620. The minimum Gasteiger partial charge on any atom is -0.380 e. The van der Waals surface area contributed by atoms with Crippen LogP contribution in [-0.4, -0.2) is 26.3 Å². The zero-order valence-corrected chi connectivity index (χ0v) is 6.89. The van der Waals surface area contributed by atoms with Crippen LogP contribution in [0.2, 0.25) is 0 Å². The van der Waals surface area contributed by atoms with Crippen molar-refractivity contribution in [1.29, 1.82) is 0 Å². The van der Waals surface area contributed by atoms with E-state index >= 15 is 0 Å². The van der Waals surface area contributed by atoms with E-state index in [1.54, 1.807) is 0 Å². The summed E-state index contributed by atoms with van der Waals surface area (Å²) in [6.07, 6.45) is 2.77. The molecule has 0 aromatic carbocycles. The van der Waals surface area contributed by atoms with Gasteiger partial charge in [-0.1, -0.05) is 0 Å². The second kappa shape index (κ2) is 3.94. The van der Waals surface area contributed by atoms with Crippen LogP contribution in [0.4, 0.5) is 0 Å². The van der Waals surface area contributed by atoms with Crippen molar-refractivity contribution in [2.75, 3.05) is 20.3 Å². The molecule has 1 aliphatic rings. The van der Waals surface area contributed by atoms with Gasteiger partial charge in [-0.25, -0.2) is 0 Å². The van der Waals surface area contributed by atoms with Crippen molar-refractivity contribution in [2.45, 2.75) is 25.8 Å². The van der Waals surface area contributed by atoms with Gasteiger partial charge in [0.25, 0.3) is 0 Å². The van der Waals surface area contributed by atoms with Crippen LogP contribution >= 0.6 is 0 Å². The highest BCUT2D eigenvalue weighted by molar-refractivity contribution is 4.72. The Bertz CT molecular complexity index is 91.3. The molecule has 0 aromatic rings. The molecule has 0 radical (unpaired) electrons. The molecule has 0 heterocycles. The van der Waals surface area contributed by atoms with Gasteiger partial charge in [0.1, 0.15) is 0 Å². The van der Waals surface area contributed by atoms with Crippen LogP contribution in [0.3, 0.4) is 0 Å². The van der Waals surface area contributed by atoms with Crippen molar-refractivity contribution in [3.63, 3.8) is 0 Å². The summed E-state index contributed by atoms with van der Waals surface area (Å²) in [5, 5.41) is 3.13. The van der Waals surface area contributed by atoms with E-state index in [1.165, 1.54) is 12.8 Å². The van der Waals surface area contributed by atoms with E-state index in [1.807, 2.05) is 7.05 Å². The predicted molar refractivity (Wildman–Crippen MR) is 42.1 cm³/mol. The third-order valence-corrected chi connectivity index (χ3v) is 1.91. The minimum atomic E-state index is 0.499. The van der Waals surface area contributed by atoms with Gasteiger partial charge in [0.15, 0.2) is 0 Å². The summed E-state index contributed by atoms with van der Waals surface area (Å²) >= 11 is 0. The lowest BCUT2D eigenvalue weighted by Crippen LogP contribution is -2.27. The highest BCUT2D eigenvalue weighted by Crippen LogP contribution is 2.28. The summed E-state index contributed by atoms with van der Waals surface area (Å²) in [5.41, 5.74) is 0. The molecule has 0 saturated heterocycles. The molecule has 1 saturated carbocycles. The van der Waals surface area contributed by atoms with E-state index in [4.69, 9.17) is 4.74 Å². The molecule has 0 aliphatic heterocycles. The third-order valence-electron chi connectivity index (χ3n) is 1.91. The Morgan fingerprint density at radius 2 is 2.30 bits per heavy atom. The molecule has 1 fully saturated rings. The molecule has 60 valence electrons. The Hall–Kier alpha value is -0.0800. The van der Waals surface area contributed by atoms with Gasteiger partial charge in [0.2, 0.25) is 0 Å². The summed E-state index contributed by atoms with van der Waals surface area (Å²) in [6.45, 7) is 3.96. The average Bonchev–Trinajstić information content (AvgIpc) is 2.71. The Morgan fingerprint density at radius 3 is 2.80 bits per heavy atom. The number of likely N-dealkylation sites (N-methyl/N-ethyl adjacent to an activating group) is 1. The molecule has 0 aromatic heterocycles. The fourth-order valence-electron chi connectivity index (χ4n) is 0.779. The molecular formula is C8H17NO. The maximum Gasteiger partial charge on any atom is 0.0616 e. The second-order valence-electron chi connectivity index (χ2n) is 3.17. The summed E-state index contributed by atoms with van der Waals surface area (Å²) in [4.78, 5) is 0. The maximum absolute atomic E-state index is 5.45. The van der Waals surface area contributed by atoms with E-state index in [0.29, 0.717) is 6.04 Å². The molecule has 1 unspecified atom stereocenters. The zero-order chi connectivity index (χ0) is 7.40. The Kier molecular flexibility index (Phi) is 3.16. The number of nitrogens with one attached hydrogen (secondary N) is 1. The SMILES string of the molecule is CNC(C)COCC1CC1. The molecule has 0 bridgehead atoms. The smallest absolute Gasteiger partial charge is 0.0616 e. The van der Waals surface area contributed by atoms with Crippen molar-refractivity contribution >= 4 is 0 Å². The highest BCUT2D eigenvalue weighted by atomic mass is 16.5. The predicted octanol–water partition coefficient (Wildman–Crippen LogP) is 1.02. The minimum absolute atomic E-state index is 0.499. The van der Waals surface area contributed by atoms with Gasteiger partial charge in [-0.2, -0.15) is 0 Å². The topological polar surface area (TPSA) is 21.3 Å². The molecule has 0 spiro atoms. The van der Waals surface area contributed by atoms with Gasteiger partial charge in [0, 0.05) is 12.6 Å². The van der Waals surface area contributed by atoms with Crippen molar-refractivity contribution < 1.29 is 4.74 Å². The summed E-state index contributed by atoms with van der Waals surface area (Å²) in [7, 11) is 1.96. The lowest BCUT2D eigenvalue weighted by Gasteiger charge is -2.09. The van der Waals surface area contributed by atoms with Gasteiger partial charge < -0.3 is 10.1 Å². The first kappa shape index (κ1) is 8.02. The Labute approximate surface area is 63.0 Å². The first-order valence-corrected chi connectivity index (χ1v) is 4.08. The normalized spacial score (nSPS) is 21.0. The Balaban J connectivity index is 1.83. The largest absolute Gasteiger partial charge is 0.380 e. The van der Waals surface area contributed by atoms with Crippen LogP contribution in [0.25, 0.3) is 0 Å². The van der Waals surface area contributed by atoms with Gasteiger partial charge >= 0.3 is 0 Å². The van der Waals surface area contributed by atoms with Gasteiger partial charge in [-0.15, -0.1) is 0 Å². The zero-order valence-electron chi connectivity index (χ0n) is 6.89. The van der Waals surface area contributed by atoms with Crippen LogP contribution in [0.15, 0.2) is 0 Å². The average molecular weight is 143 g/mol. The van der Waals surface area contributed by atoms with Gasteiger partial charge in [0.05, 0.1) is 6.61 Å². The van der Waals surface area contributed by atoms with Gasteiger partial charge in [-0.05, 0) is 32.7 Å². The fraction of sp³-hybridized carbons (Fsp3) is 1.00. The number of ether oxygens (including phenoxy) is 1. The molecule has 1 atom stereocenters. The van der Waals surface area contributed by atoms with E-state index in [9.17, 15) is 0 Å². The summed E-state index contributed by atoms with van der Waals surface area (Å²) in [5.74, 6) is 0.893. The standard InChI is InChI=1S/C8H17NO/c1-7(9-2)5-10-6-8-3-4-8/h7-9H,3-6H2,1-2H3. The van der Waals surface area contributed by atoms with E-state index in [2.05, 4.69) is 12.2 Å². The van der Waals surface area contributed by atoms with E-state index in [-0.39, 0.29) is 0 Å². The molecule has 2 nitrogen and oxygen atoms in total. The molecule has 1 N–H and O–H groups in total. The summed E-state index contributed by atoms with van der Waals surface area (Å²) < 4.78 is 5.45. The van der Waals surface area contributed by atoms with Crippen molar-refractivity contribution in [1.82, 2.24) is 5.32 Å². The third kappa shape index (κ3) is 3.18. The van der Waals surface area contributed by atoms with Crippen molar-refractivity contribution in [2.24, 2.45) is 5.92 Å². The second-order valence-corrected chi connectivity index (χ2v) is 3.17. The monoisotopic (exact) mass is 143 g/mol. The number of hydrogen-bond acceptors (Lipinski definition) is 2. The molecule has 1 aliphatic carbocycles. The first-order valence-electron chi connectivity index (χ1n) is 4.08. The molecule has 0 amide bonds. The number of hydrogen-bond donors (Lipinski definition) is 1. The van der Waals surface area contributed by atoms with Crippen LogP contribution in [0.5, 0.6) is 0 Å². The fourth-order valence-corrected chi connectivity index (χ4v) is 0.779. The lowest BCUT2D eigenvalue weighted by atomic mass is 10.4. The Morgan fingerprint density at radius 1 is 1.60 bits per heavy atom. The van der Waals surface area contributed by atoms with Gasteiger partial charge in [-0.3, -0.25) is 0 Å². The lowest BCUT2D eigenvalue weighted by molar-refractivity contribution is 0.109. The summed E-state index contributed by atoms with van der Waals surface area (Å²) in [6, 6.07) is 0.499. The van der Waals surface area contributed by atoms with Crippen LogP contribution in [0.1, 0.15) is 19.8 Å². The first-order chi connectivity index (χ1) is 4.83. The molecule has 2 heteroatoms. The van der Waals surface area contributed by atoms with Crippen molar-refractivity contribution in [3.05, 3.63) is 0 Å². The van der Waals surface area contributed by atoms with E-state index in [0.717, 1.165) is 19.1 Å². The van der Waals surface area contributed by atoms with Crippen LogP contribution in [-0.2, 0) is 4.74 Å². The van der Waals surface area contributed by atoms with Crippen LogP contribution < -0.4 is 5.32 Å². The number of rotatable bonds is 5. The highest BCUT2D eigenvalue weighted by Gasteiger charge is 2.21. The molecule has 10 heavy (non-hydrogen) atoms. The maximum atomic E-state index is 5.45. The van der Waals surface area contributed by atoms with E-state index < -0.39 is 0 Å². The molecular weight excluding hydrogens is 126 g/mol. The van der Waals surface area contributed by atoms with Crippen LogP contribution in [0, 0.1) is 5.92 Å². The van der Waals surface area contributed by atoms with Crippen molar-refractivity contribution in [3.8, 4) is 0 Å².